The van der Waals surface area contributed by atoms with Gasteiger partial charge in [-0.1, -0.05) is 20.8 Å². The van der Waals surface area contributed by atoms with Crippen molar-refractivity contribution < 1.29 is 8.85 Å². The Hall–Kier alpha value is 0.314. The lowest BCUT2D eigenvalue weighted by Gasteiger charge is -2.41. The van der Waals surface area contributed by atoms with Gasteiger partial charge in [0.15, 0.2) is 0 Å². The van der Waals surface area contributed by atoms with Gasteiger partial charge in [-0.3, -0.25) is 0 Å². The first-order chi connectivity index (χ1) is 8.43. The van der Waals surface area contributed by atoms with Gasteiger partial charge in [-0.05, 0) is 45.6 Å². The van der Waals surface area contributed by atoms with Gasteiger partial charge in [0.2, 0.25) is 0 Å². The lowest BCUT2D eigenvalue weighted by Crippen LogP contribution is -2.58. The third kappa shape index (κ3) is 4.77. The molecular weight excluding hydrogens is 258 g/mol. The van der Waals surface area contributed by atoms with Crippen LogP contribution in [0, 0.1) is 0 Å². The predicted octanol–water partition coefficient (Wildman–Crippen LogP) is 3.61. The van der Waals surface area contributed by atoms with Gasteiger partial charge in [0.1, 0.15) is 8.24 Å². The fraction of sp³-hybridized carbons (Fsp3) is 1.00. The van der Waals surface area contributed by atoms with Crippen LogP contribution in [-0.4, -0.2) is 47.8 Å². The quantitative estimate of drug-likeness (QED) is 0.574. The molecule has 0 aliphatic rings. The largest absolute Gasteiger partial charge is 0.394 e. The minimum atomic E-state index is -2.01. The summed E-state index contributed by atoms with van der Waals surface area (Å²) < 4.78 is 14.5. The Morgan fingerprint density at radius 2 is 1.22 bits per heavy atom. The van der Waals surface area contributed by atoms with E-state index in [-0.39, 0.29) is 0 Å². The topological polar surface area (TPSA) is 21.7 Å². The monoisotopic (exact) mass is 291 g/mol. The maximum absolute atomic E-state index is 5.97. The normalized spacial score (nSPS) is 13.3. The predicted molar refractivity (Wildman–Crippen MR) is 84.7 cm³/mol. The molecule has 0 fully saturated rings. The summed E-state index contributed by atoms with van der Waals surface area (Å²) in [5.74, 6) is 0. The van der Waals surface area contributed by atoms with Crippen molar-refractivity contribution in [3.63, 3.8) is 0 Å². The molecule has 0 aliphatic heterocycles. The maximum Gasteiger partial charge on any atom is 0.348 e. The van der Waals surface area contributed by atoms with Crippen molar-refractivity contribution in [1.29, 1.82) is 0 Å². The molecule has 0 radical (unpaired) electrons. The number of rotatable bonds is 10. The van der Waals surface area contributed by atoms with Gasteiger partial charge in [0.25, 0.3) is 0 Å². The molecule has 0 amide bonds. The van der Waals surface area contributed by atoms with Crippen molar-refractivity contribution in [2.24, 2.45) is 0 Å². The Morgan fingerprint density at radius 3 is 1.50 bits per heavy atom. The standard InChI is InChI=1S/C13H33NO2Si2/c1-8-15-17(7,16-9-2)13-14(6)18(10-3,11-4)12-5/h8-13H2,1-7H3. The minimum Gasteiger partial charge on any atom is -0.394 e. The molecule has 110 valence electrons. The van der Waals surface area contributed by atoms with Crippen LogP contribution < -0.4 is 0 Å². The Balaban J connectivity index is 4.80. The minimum absolute atomic E-state index is 0.759. The van der Waals surface area contributed by atoms with E-state index in [9.17, 15) is 0 Å². The highest BCUT2D eigenvalue weighted by molar-refractivity contribution is 6.78. The average molecular weight is 292 g/mol. The number of nitrogens with zero attached hydrogens (tertiary/aromatic N) is 1. The van der Waals surface area contributed by atoms with Crippen LogP contribution in [0.3, 0.4) is 0 Å². The third-order valence-electron chi connectivity index (χ3n) is 4.21. The first-order valence-corrected chi connectivity index (χ1v) is 12.5. The van der Waals surface area contributed by atoms with E-state index in [0.717, 1.165) is 19.4 Å². The summed E-state index contributed by atoms with van der Waals surface area (Å²) in [6.45, 7) is 14.9. The average Bonchev–Trinajstić information content (AvgIpc) is 2.32. The van der Waals surface area contributed by atoms with Crippen molar-refractivity contribution in [2.45, 2.75) is 59.3 Å². The molecule has 0 aromatic heterocycles. The second kappa shape index (κ2) is 8.48. The Labute approximate surface area is 116 Å². The van der Waals surface area contributed by atoms with Crippen LogP contribution in [0.4, 0.5) is 0 Å². The molecule has 0 unspecified atom stereocenters. The molecule has 0 aromatic rings. The van der Waals surface area contributed by atoms with Gasteiger partial charge in [0.05, 0.1) is 0 Å². The van der Waals surface area contributed by atoms with E-state index in [0.29, 0.717) is 0 Å². The van der Waals surface area contributed by atoms with Crippen LogP contribution >= 0.6 is 0 Å². The molecule has 0 saturated carbocycles. The zero-order chi connectivity index (χ0) is 14.2. The van der Waals surface area contributed by atoms with Crippen molar-refractivity contribution in [3.05, 3.63) is 0 Å². The van der Waals surface area contributed by atoms with Crippen LogP contribution in [-0.2, 0) is 8.85 Å². The van der Waals surface area contributed by atoms with E-state index in [4.69, 9.17) is 8.85 Å². The Bertz CT molecular complexity index is 209. The molecule has 18 heavy (non-hydrogen) atoms. The molecule has 0 aliphatic carbocycles. The molecule has 3 nitrogen and oxygen atoms in total. The zero-order valence-corrected chi connectivity index (χ0v) is 15.5. The summed E-state index contributed by atoms with van der Waals surface area (Å²) in [5, 5.41) is 0. The molecule has 0 rings (SSSR count). The molecule has 0 spiro atoms. The highest BCUT2D eigenvalue weighted by atomic mass is 28.4. The van der Waals surface area contributed by atoms with E-state index in [1.807, 2.05) is 0 Å². The number of hydrogen-bond acceptors (Lipinski definition) is 3. The van der Waals surface area contributed by atoms with E-state index < -0.39 is 16.8 Å². The van der Waals surface area contributed by atoms with Crippen LogP contribution in [0.1, 0.15) is 34.6 Å². The van der Waals surface area contributed by atoms with Crippen molar-refractivity contribution in [2.75, 3.05) is 26.4 Å². The van der Waals surface area contributed by atoms with Crippen LogP contribution in [0.2, 0.25) is 24.7 Å². The zero-order valence-electron chi connectivity index (χ0n) is 13.5. The Morgan fingerprint density at radius 1 is 0.833 bits per heavy atom. The summed E-state index contributed by atoms with van der Waals surface area (Å²) in [4.78, 5) is 0. The van der Waals surface area contributed by atoms with Gasteiger partial charge in [-0.25, -0.2) is 0 Å². The van der Waals surface area contributed by atoms with E-state index in [1.165, 1.54) is 18.1 Å². The van der Waals surface area contributed by atoms with E-state index in [1.54, 1.807) is 0 Å². The molecule has 0 atom stereocenters. The Kier molecular flexibility index (Phi) is 8.63. The van der Waals surface area contributed by atoms with Crippen LogP contribution in [0.5, 0.6) is 0 Å². The van der Waals surface area contributed by atoms with Crippen LogP contribution in [0.15, 0.2) is 0 Å². The summed E-state index contributed by atoms with van der Waals surface area (Å²) in [7, 11) is -1.01. The maximum atomic E-state index is 5.97. The molecule has 0 saturated heterocycles. The first-order valence-electron chi connectivity index (χ1n) is 7.42. The third-order valence-corrected chi connectivity index (χ3v) is 13.1. The smallest absolute Gasteiger partial charge is 0.348 e. The van der Waals surface area contributed by atoms with Gasteiger partial charge in [-0.2, -0.15) is 0 Å². The van der Waals surface area contributed by atoms with Crippen molar-refractivity contribution in [3.8, 4) is 0 Å². The lowest BCUT2D eigenvalue weighted by molar-refractivity contribution is 0.180. The summed E-state index contributed by atoms with van der Waals surface area (Å²) in [6, 6.07) is 3.96. The van der Waals surface area contributed by atoms with Crippen molar-refractivity contribution in [1.82, 2.24) is 4.57 Å². The molecular formula is C13H33NO2Si2. The molecule has 5 heteroatoms. The van der Waals surface area contributed by atoms with Gasteiger partial charge < -0.3 is 13.4 Å². The molecule has 0 bridgehead atoms. The van der Waals surface area contributed by atoms with Crippen LogP contribution in [0.25, 0.3) is 0 Å². The van der Waals surface area contributed by atoms with Gasteiger partial charge in [0, 0.05) is 19.4 Å². The fourth-order valence-corrected chi connectivity index (χ4v) is 10.6. The van der Waals surface area contributed by atoms with Gasteiger partial charge >= 0.3 is 8.56 Å². The summed E-state index contributed by atoms with van der Waals surface area (Å²) in [5.41, 5.74) is 0. The van der Waals surface area contributed by atoms with E-state index in [2.05, 4.69) is 52.8 Å². The van der Waals surface area contributed by atoms with Crippen molar-refractivity contribution >= 4 is 16.8 Å². The van der Waals surface area contributed by atoms with Gasteiger partial charge in [-0.15, -0.1) is 0 Å². The number of hydrogen-bond donors (Lipinski definition) is 0. The van der Waals surface area contributed by atoms with E-state index >= 15 is 0 Å². The highest BCUT2D eigenvalue weighted by Crippen LogP contribution is 2.25. The molecule has 0 aromatic carbocycles. The highest BCUT2D eigenvalue weighted by Gasteiger charge is 2.39. The summed E-state index contributed by atoms with van der Waals surface area (Å²) in [6.07, 6.45) is 1.01. The second-order valence-electron chi connectivity index (χ2n) is 5.14. The SMILES string of the molecule is CCO[Si](C)(CN(C)[Si](CC)(CC)CC)OCC. The summed E-state index contributed by atoms with van der Waals surface area (Å²) >= 11 is 0. The molecule has 0 N–H and O–H groups in total. The lowest BCUT2D eigenvalue weighted by atomic mass is 10.9. The molecule has 0 heterocycles. The first kappa shape index (κ1) is 18.3. The second-order valence-corrected chi connectivity index (χ2v) is 13.6. The fourth-order valence-electron chi connectivity index (χ4n) is 2.90.